The minimum absolute atomic E-state index is 0. The van der Waals surface area contributed by atoms with Gasteiger partial charge in [-0.2, -0.15) is 0 Å². The Morgan fingerprint density at radius 2 is 1.76 bits per heavy atom. The van der Waals surface area contributed by atoms with E-state index in [9.17, 15) is 4.79 Å². The maximum atomic E-state index is 11.8. The van der Waals surface area contributed by atoms with Crippen molar-refractivity contribution in [2.24, 2.45) is 0 Å². The molecule has 2 fully saturated rings. The summed E-state index contributed by atoms with van der Waals surface area (Å²) in [7, 11) is 0. The molecular weight excluding hydrogens is 335 g/mol. The van der Waals surface area contributed by atoms with Crippen LogP contribution in [0.1, 0.15) is 19.8 Å². The molecule has 2 aliphatic rings. The predicted molar refractivity (Wildman–Crippen MR) is 94.3 cm³/mol. The second-order valence-corrected chi connectivity index (χ2v) is 5.22. The standard InChI is InChI=1S/C13H26N4O.3ClH/c1-2-16-8-10-17(11-9-16)7-6-15-13(18)12-4-3-5-14-12;;;/h12,14H,2-11H2,1H3,(H,15,18);3*1H/t12-;;;/m0.../s1. The van der Waals surface area contributed by atoms with Crippen LogP contribution in [0.2, 0.25) is 0 Å². The monoisotopic (exact) mass is 362 g/mol. The molecule has 0 bridgehead atoms. The second-order valence-electron chi connectivity index (χ2n) is 5.22. The van der Waals surface area contributed by atoms with E-state index >= 15 is 0 Å². The highest BCUT2D eigenvalue weighted by Crippen LogP contribution is 2.04. The van der Waals surface area contributed by atoms with Crippen molar-refractivity contribution in [1.29, 1.82) is 0 Å². The molecule has 0 radical (unpaired) electrons. The lowest BCUT2D eigenvalue weighted by molar-refractivity contribution is -0.122. The number of rotatable bonds is 5. The van der Waals surface area contributed by atoms with Crippen molar-refractivity contribution in [2.75, 3.05) is 52.4 Å². The average molecular weight is 364 g/mol. The molecule has 0 saturated carbocycles. The first-order valence-electron chi connectivity index (χ1n) is 7.25. The summed E-state index contributed by atoms with van der Waals surface area (Å²) in [4.78, 5) is 16.7. The molecule has 0 aromatic rings. The molecule has 2 N–H and O–H groups in total. The van der Waals surface area contributed by atoms with E-state index in [1.165, 1.54) is 0 Å². The first-order valence-corrected chi connectivity index (χ1v) is 7.25. The largest absolute Gasteiger partial charge is 0.353 e. The fourth-order valence-corrected chi connectivity index (χ4v) is 2.70. The zero-order valence-electron chi connectivity index (χ0n) is 12.7. The summed E-state index contributed by atoms with van der Waals surface area (Å²) in [6.07, 6.45) is 2.11. The minimum Gasteiger partial charge on any atom is -0.353 e. The third-order valence-corrected chi connectivity index (χ3v) is 4.02. The number of carbonyl (C=O) groups excluding carboxylic acids is 1. The summed E-state index contributed by atoms with van der Waals surface area (Å²) >= 11 is 0. The van der Waals surface area contributed by atoms with Crippen LogP contribution < -0.4 is 10.6 Å². The summed E-state index contributed by atoms with van der Waals surface area (Å²) in [6, 6.07) is 0.0574. The third kappa shape index (κ3) is 7.86. The van der Waals surface area contributed by atoms with E-state index < -0.39 is 0 Å². The van der Waals surface area contributed by atoms with Crippen LogP contribution in [0, 0.1) is 0 Å². The van der Waals surface area contributed by atoms with E-state index in [0.29, 0.717) is 0 Å². The summed E-state index contributed by atoms with van der Waals surface area (Å²) < 4.78 is 0. The predicted octanol–water partition coefficient (Wildman–Crippen LogP) is 0.757. The fraction of sp³-hybridized carbons (Fsp3) is 0.923. The molecule has 0 aliphatic carbocycles. The van der Waals surface area contributed by atoms with Gasteiger partial charge >= 0.3 is 0 Å². The normalized spacial score (nSPS) is 22.6. The Morgan fingerprint density at radius 1 is 1.14 bits per heavy atom. The zero-order valence-corrected chi connectivity index (χ0v) is 15.1. The molecule has 1 atom stereocenters. The third-order valence-electron chi connectivity index (χ3n) is 4.02. The molecule has 8 heteroatoms. The molecule has 21 heavy (non-hydrogen) atoms. The number of nitrogens with zero attached hydrogens (tertiary/aromatic N) is 2. The van der Waals surface area contributed by atoms with E-state index in [1.54, 1.807) is 0 Å². The smallest absolute Gasteiger partial charge is 0.237 e. The number of amides is 1. The molecule has 0 unspecified atom stereocenters. The molecular formula is C13H29Cl3N4O. The molecule has 0 aromatic carbocycles. The van der Waals surface area contributed by atoms with Crippen LogP contribution in [0.25, 0.3) is 0 Å². The summed E-state index contributed by atoms with van der Waals surface area (Å²) in [5, 5.41) is 6.27. The van der Waals surface area contributed by atoms with Crippen molar-refractivity contribution in [1.82, 2.24) is 20.4 Å². The summed E-state index contributed by atoms with van der Waals surface area (Å²) in [5.74, 6) is 0.180. The number of hydrogen-bond acceptors (Lipinski definition) is 4. The van der Waals surface area contributed by atoms with E-state index in [2.05, 4.69) is 27.4 Å². The Morgan fingerprint density at radius 3 is 2.29 bits per heavy atom. The topological polar surface area (TPSA) is 47.6 Å². The van der Waals surface area contributed by atoms with Gasteiger partial charge in [-0.15, -0.1) is 37.2 Å². The van der Waals surface area contributed by atoms with Gasteiger partial charge in [0.05, 0.1) is 6.04 Å². The van der Waals surface area contributed by atoms with Crippen LogP contribution in [0.15, 0.2) is 0 Å². The Bertz CT molecular complexity index is 270. The number of likely N-dealkylation sites (N-methyl/N-ethyl adjacent to an activating group) is 1. The maximum Gasteiger partial charge on any atom is 0.237 e. The molecule has 0 spiro atoms. The highest BCUT2D eigenvalue weighted by Gasteiger charge is 2.21. The van der Waals surface area contributed by atoms with Gasteiger partial charge in [0.25, 0.3) is 0 Å². The van der Waals surface area contributed by atoms with Gasteiger partial charge in [-0.3, -0.25) is 9.69 Å². The molecule has 2 heterocycles. The van der Waals surface area contributed by atoms with Crippen molar-refractivity contribution in [2.45, 2.75) is 25.8 Å². The van der Waals surface area contributed by atoms with Gasteiger partial charge in [-0.25, -0.2) is 0 Å². The summed E-state index contributed by atoms with van der Waals surface area (Å²) in [6.45, 7) is 10.7. The van der Waals surface area contributed by atoms with Crippen LogP contribution in [-0.2, 0) is 4.79 Å². The van der Waals surface area contributed by atoms with Crippen LogP contribution in [0.5, 0.6) is 0 Å². The molecule has 128 valence electrons. The van der Waals surface area contributed by atoms with Crippen LogP contribution in [0.3, 0.4) is 0 Å². The fourth-order valence-electron chi connectivity index (χ4n) is 2.70. The molecule has 2 saturated heterocycles. The van der Waals surface area contributed by atoms with Gasteiger partial charge in [-0.1, -0.05) is 6.92 Å². The maximum absolute atomic E-state index is 11.8. The highest BCUT2D eigenvalue weighted by molar-refractivity contribution is 5.86. The van der Waals surface area contributed by atoms with Gasteiger partial charge in [0.15, 0.2) is 0 Å². The number of piperazine rings is 1. The molecule has 1 amide bonds. The number of carbonyl (C=O) groups is 1. The van der Waals surface area contributed by atoms with Gasteiger partial charge in [0.1, 0.15) is 0 Å². The van der Waals surface area contributed by atoms with Crippen LogP contribution >= 0.6 is 37.2 Å². The highest BCUT2D eigenvalue weighted by atomic mass is 35.5. The van der Waals surface area contributed by atoms with E-state index in [0.717, 1.165) is 65.2 Å². The Balaban J connectivity index is 0. The van der Waals surface area contributed by atoms with Crippen molar-refractivity contribution >= 4 is 43.1 Å². The van der Waals surface area contributed by atoms with Gasteiger partial charge in [0.2, 0.25) is 5.91 Å². The Kier molecular flexibility index (Phi) is 14.2. The van der Waals surface area contributed by atoms with E-state index in [1.807, 2.05) is 0 Å². The minimum atomic E-state index is 0. The lowest BCUT2D eigenvalue weighted by Gasteiger charge is -2.34. The number of halogens is 3. The van der Waals surface area contributed by atoms with Crippen molar-refractivity contribution in [3.63, 3.8) is 0 Å². The van der Waals surface area contributed by atoms with Crippen molar-refractivity contribution in [3.05, 3.63) is 0 Å². The van der Waals surface area contributed by atoms with Gasteiger partial charge in [-0.05, 0) is 25.9 Å². The summed E-state index contributed by atoms with van der Waals surface area (Å²) in [5.41, 5.74) is 0. The number of hydrogen-bond donors (Lipinski definition) is 2. The SMILES string of the molecule is CCN1CCN(CCNC(=O)[C@@H]2CCCN2)CC1.Cl.Cl.Cl. The Hall–Kier alpha value is 0.220. The lowest BCUT2D eigenvalue weighted by Crippen LogP contribution is -2.49. The molecule has 2 rings (SSSR count). The van der Waals surface area contributed by atoms with Crippen LogP contribution in [-0.4, -0.2) is 74.1 Å². The molecule has 0 aromatic heterocycles. The second kappa shape index (κ2) is 12.7. The quantitative estimate of drug-likeness (QED) is 0.757. The molecule has 5 nitrogen and oxygen atoms in total. The van der Waals surface area contributed by atoms with E-state index in [-0.39, 0.29) is 49.2 Å². The average Bonchev–Trinajstić information content (AvgIpc) is 2.93. The van der Waals surface area contributed by atoms with Gasteiger partial charge < -0.3 is 15.5 Å². The van der Waals surface area contributed by atoms with Gasteiger partial charge in [0, 0.05) is 39.3 Å². The van der Waals surface area contributed by atoms with E-state index in [4.69, 9.17) is 0 Å². The first kappa shape index (κ1) is 23.5. The van der Waals surface area contributed by atoms with Crippen molar-refractivity contribution < 1.29 is 4.79 Å². The Labute approximate surface area is 146 Å². The van der Waals surface area contributed by atoms with Crippen molar-refractivity contribution in [3.8, 4) is 0 Å². The zero-order chi connectivity index (χ0) is 12.8. The number of nitrogens with one attached hydrogen (secondary N) is 2. The first-order chi connectivity index (χ1) is 8.79. The molecule has 2 aliphatic heterocycles. The van der Waals surface area contributed by atoms with Crippen LogP contribution in [0.4, 0.5) is 0 Å². The lowest BCUT2D eigenvalue weighted by atomic mass is 10.2.